The molecule has 4 atom stereocenters. The number of hydrogen-bond acceptors (Lipinski definition) is 3. The predicted molar refractivity (Wildman–Crippen MR) is 110 cm³/mol. The van der Waals surface area contributed by atoms with Gasteiger partial charge in [0.25, 0.3) is 0 Å². The van der Waals surface area contributed by atoms with Crippen molar-refractivity contribution in [2.45, 2.75) is 104 Å². The van der Waals surface area contributed by atoms with Gasteiger partial charge in [-0.15, -0.1) is 0 Å². The van der Waals surface area contributed by atoms with Crippen LogP contribution in [-0.2, 0) is 9.59 Å². The number of nitrogens with zero attached hydrogens (tertiary/aromatic N) is 1. The van der Waals surface area contributed by atoms with E-state index in [2.05, 4.69) is 33.0 Å². The van der Waals surface area contributed by atoms with Crippen LogP contribution in [0.1, 0.15) is 85.5 Å². The van der Waals surface area contributed by atoms with Crippen molar-refractivity contribution in [2.24, 2.45) is 23.5 Å². The van der Waals surface area contributed by atoms with Crippen molar-refractivity contribution < 1.29 is 9.59 Å². The lowest BCUT2D eigenvalue weighted by Crippen LogP contribution is -2.56. The number of carbonyl (C=O) groups is 2. The van der Waals surface area contributed by atoms with Crippen molar-refractivity contribution in [3.8, 4) is 0 Å². The Morgan fingerprint density at radius 2 is 1.78 bits per heavy atom. The summed E-state index contributed by atoms with van der Waals surface area (Å²) in [7, 11) is 0. The summed E-state index contributed by atoms with van der Waals surface area (Å²) in [6.45, 7) is 9.22. The molecule has 0 aromatic carbocycles. The van der Waals surface area contributed by atoms with E-state index in [9.17, 15) is 9.59 Å². The van der Waals surface area contributed by atoms with E-state index in [1.54, 1.807) is 0 Å². The number of likely N-dealkylation sites (tertiary alicyclic amines) is 1. The van der Waals surface area contributed by atoms with E-state index >= 15 is 0 Å². The molecule has 0 spiro atoms. The Labute approximate surface area is 165 Å². The van der Waals surface area contributed by atoms with Crippen LogP contribution in [0.25, 0.3) is 0 Å². The van der Waals surface area contributed by atoms with E-state index in [1.165, 1.54) is 19.3 Å². The predicted octanol–water partition coefficient (Wildman–Crippen LogP) is 3.46. The van der Waals surface area contributed by atoms with E-state index in [0.717, 1.165) is 38.5 Å². The Kier molecular flexibility index (Phi) is 8.59. The highest BCUT2D eigenvalue weighted by molar-refractivity contribution is 5.91. The minimum absolute atomic E-state index is 0.00580. The van der Waals surface area contributed by atoms with Crippen molar-refractivity contribution >= 4 is 11.8 Å². The first kappa shape index (κ1) is 22.2. The van der Waals surface area contributed by atoms with Crippen LogP contribution in [0.5, 0.6) is 0 Å². The highest BCUT2D eigenvalue weighted by Gasteiger charge is 2.45. The summed E-state index contributed by atoms with van der Waals surface area (Å²) >= 11 is 0. The second-order valence-electron chi connectivity index (χ2n) is 9.00. The van der Waals surface area contributed by atoms with E-state index in [0.29, 0.717) is 12.5 Å². The quantitative estimate of drug-likeness (QED) is 0.678. The minimum Gasteiger partial charge on any atom is -0.352 e. The topological polar surface area (TPSA) is 75.4 Å². The van der Waals surface area contributed by atoms with Gasteiger partial charge in [0, 0.05) is 12.6 Å². The monoisotopic (exact) mass is 379 g/mol. The van der Waals surface area contributed by atoms with E-state index in [1.807, 2.05) is 4.90 Å². The van der Waals surface area contributed by atoms with Crippen molar-refractivity contribution in [2.75, 3.05) is 6.54 Å². The molecule has 3 N–H and O–H groups in total. The number of nitrogens with two attached hydrogens (primary N) is 1. The van der Waals surface area contributed by atoms with Gasteiger partial charge in [-0.2, -0.15) is 0 Å². The highest BCUT2D eigenvalue weighted by Crippen LogP contribution is 2.33. The van der Waals surface area contributed by atoms with Crippen LogP contribution >= 0.6 is 0 Å². The Bertz CT molecular complexity index is 488. The Morgan fingerprint density at radius 3 is 2.33 bits per heavy atom. The van der Waals surface area contributed by atoms with E-state index < -0.39 is 6.04 Å². The average molecular weight is 380 g/mol. The van der Waals surface area contributed by atoms with Crippen molar-refractivity contribution in [3.63, 3.8) is 0 Å². The molecule has 2 amide bonds. The zero-order valence-corrected chi connectivity index (χ0v) is 17.9. The largest absolute Gasteiger partial charge is 0.352 e. The van der Waals surface area contributed by atoms with Gasteiger partial charge >= 0.3 is 0 Å². The number of carbonyl (C=O) groups excluding carboxylic acids is 2. The molecule has 0 radical (unpaired) electrons. The van der Waals surface area contributed by atoms with Crippen LogP contribution < -0.4 is 11.1 Å². The minimum atomic E-state index is -0.455. The molecule has 5 heteroatoms. The zero-order chi connectivity index (χ0) is 20.0. The Hall–Kier alpha value is -1.10. The van der Waals surface area contributed by atoms with Crippen LogP contribution in [0.2, 0.25) is 0 Å². The fourth-order valence-electron chi connectivity index (χ4n) is 5.00. The molecule has 0 aromatic heterocycles. The van der Waals surface area contributed by atoms with Crippen LogP contribution in [0, 0.1) is 17.8 Å². The smallest absolute Gasteiger partial charge is 0.243 e. The van der Waals surface area contributed by atoms with Crippen LogP contribution in [0.4, 0.5) is 0 Å². The molecule has 1 aliphatic heterocycles. The molecule has 1 aliphatic carbocycles. The third-order valence-corrected chi connectivity index (χ3v) is 6.77. The summed E-state index contributed by atoms with van der Waals surface area (Å²) in [5.41, 5.74) is 6.41. The molecule has 1 heterocycles. The number of rotatable bonds is 8. The standard InChI is InChI=1S/C22H41N3O2/c1-5-10-17(6-2)24-21(26)20-18(15(3)4)13-14-25(20)22(27)19(23)16-11-8-7-9-12-16/h15-20H,5-14,23H2,1-4H3,(H,24,26)/t17?,18-,19+,20+/m1/s1. The van der Waals surface area contributed by atoms with Gasteiger partial charge in [0.1, 0.15) is 6.04 Å². The fourth-order valence-corrected chi connectivity index (χ4v) is 5.00. The normalized spacial score (nSPS) is 26.2. The number of hydrogen-bond donors (Lipinski definition) is 2. The average Bonchev–Trinajstić information content (AvgIpc) is 3.12. The Morgan fingerprint density at radius 1 is 1.11 bits per heavy atom. The van der Waals surface area contributed by atoms with Crippen LogP contribution in [-0.4, -0.2) is 41.4 Å². The van der Waals surface area contributed by atoms with Gasteiger partial charge < -0.3 is 16.0 Å². The van der Waals surface area contributed by atoms with Crippen LogP contribution in [0.3, 0.4) is 0 Å². The number of amides is 2. The van der Waals surface area contributed by atoms with Crippen molar-refractivity contribution in [1.82, 2.24) is 10.2 Å². The lowest BCUT2D eigenvalue weighted by Gasteiger charge is -2.34. The summed E-state index contributed by atoms with van der Waals surface area (Å²) in [6, 6.07) is -0.623. The third kappa shape index (κ3) is 5.46. The van der Waals surface area contributed by atoms with Gasteiger partial charge in [-0.3, -0.25) is 9.59 Å². The van der Waals surface area contributed by atoms with E-state index in [4.69, 9.17) is 5.73 Å². The molecule has 0 aromatic rings. The maximum Gasteiger partial charge on any atom is 0.243 e. The first-order valence-electron chi connectivity index (χ1n) is 11.3. The van der Waals surface area contributed by atoms with Crippen LogP contribution in [0.15, 0.2) is 0 Å². The summed E-state index contributed by atoms with van der Waals surface area (Å²) in [6.07, 6.45) is 9.51. The lowest BCUT2D eigenvalue weighted by molar-refractivity contribution is -0.142. The first-order chi connectivity index (χ1) is 12.9. The summed E-state index contributed by atoms with van der Waals surface area (Å²) in [5, 5.41) is 3.22. The van der Waals surface area contributed by atoms with Gasteiger partial charge in [-0.25, -0.2) is 0 Å². The van der Waals surface area contributed by atoms with E-state index in [-0.39, 0.29) is 35.7 Å². The van der Waals surface area contributed by atoms with Gasteiger partial charge in [0.05, 0.1) is 6.04 Å². The maximum absolute atomic E-state index is 13.2. The molecule has 27 heavy (non-hydrogen) atoms. The maximum atomic E-state index is 13.2. The molecule has 2 rings (SSSR count). The van der Waals surface area contributed by atoms with Gasteiger partial charge in [0.15, 0.2) is 0 Å². The summed E-state index contributed by atoms with van der Waals surface area (Å²) < 4.78 is 0. The number of nitrogens with one attached hydrogen (secondary N) is 1. The molecule has 1 unspecified atom stereocenters. The van der Waals surface area contributed by atoms with Crippen molar-refractivity contribution in [3.05, 3.63) is 0 Å². The third-order valence-electron chi connectivity index (χ3n) is 6.77. The fraction of sp³-hybridized carbons (Fsp3) is 0.909. The van der Waals surface area contributed by atoms with Gasteiger partial charge in [-0.05, 0) is 49.9 Å². The molecule has 0 bridgehead atoms. The van der Waals surface area contributed by atoms with Gasteiger partial charge in [0.2, 0.25) is 11.8 Å². The summed E-state index contributed by atoms with van der Waals surface area (Å²) in [5.74, 6) is 0.878. The molecule has 2 fully saturated rings. The van der Waals surface area contributed by atoms with Crippen molar-refractivity contribution in [1.29, 1.82) is 0 Å². The molecule has 1 saturated heterocycles. The molecular weight excluding hydrogens is 338 g/mol. The second-order valence-corrected chi connectivity index (χ2v) is 9.00. The first-order valence-corrected chi connectivity index (χ1v) is 11.3. The SMILES string of the molecule is CCCC(CC)NC(=O)[C@@H]1[C@@H](C(C)C)CCN1C(=O)[C@@H](N)C1CCCCC1. The van der Waals surface area contributed by atoms with Gasteiger partial charge in [-0.1, -0.05) is 53.4 Å². The molecule has 156 valence electrons. The Balaban J connectivity index is 2.12. The highest BCUT2D eigenvalue weighted by atomic mass is 16.2. The molecule has 1 saturated carbocycles. The molecule has 2 aliphatic rings. The zero-order valence-electron chi connectivity index (χ0n) is 17.9. The summed E-state index contributed by atoms with van der Waals surface area (Å²) in [4.78, 5) is 28.2. The molecule has 5 nitrogen and oxygen atoms in total. The molecular formula is C22H41N3O2. The second kappa shape index (κ2) is 10.4. The lowest BCUT2D eigenvalue weighted by atomic mass is 9.83.